The van der Waals surface area contributed by atoms with E-state index < -0.39 is 9.84 Å². The van der Waals surface area contributed by atoms with E-state index in [1.807, 2.05) is 7.05 Å². The predicted octanol–water partition coefficient (Wildman–Crippen LogP) is 2.90. The first kappa shape index (κ1) is 15.5. The van der Waals surface area contributed by atoms with Gasteiger partial charge in [0.25, 0.3) is 0 Å². The van der Waals surface area contributed by atoms with Gasteiger partial charge < -0.3 is 5.32 Å². The van der Waals surface area contributed by atoms with Gasteiger partial charge in [-0.15, -0.1) is 0 Å². The quantitative estimate of drug-likeness (QED) is 0.908. The van der Waals surface area contributed by atoms with Gasteiger partial charge in [-0.05, 0) is 42.9 Å². The van der Waals surface area contributed by atoms with Gasteiger partial charge in [-0.3, -0.25) is 0 Å². The van der Waals surface area contributed by atoms with Crippen molar-refractivity contribution in [3.05, 3.63) is 35.4 Å². The second-order valence-corrected chi connectivity index (χ2v) is 8.13. The molecular formula is C16H25NO2S. The van der Waals surface area contributed by atoms with Crippen LogP contribution in [0.3, 0.4) is 0 Å². The molecule has 20 heavy (non-hydrogen) atoms. The minimum atomic E-state index is -2.82. The van der Waals surface area contributed by atoms with Gasteiger partial charge in [0.15, 0.2) is 9.84 Å². The van der Waals surface area contributed by atoms with E-state index in [9.17, 15) is 8.42 Å². The van der Waals surface area contributed by atoms with Crippen molar-refractivity contribution in [3.8, 4) is 0 Å². The minimum Gasteiger partial charge on any atom is -0.313 e. The lowest BCUT2D eigenvalue weighted by Gasteiger charge is -2.23. The molecule has 3 nitrogen and oxygen atoms in total. The maximum atomic E-state index is 11.6. The molecule has 1 heterocycles. The minimum absolute atomic E-state index is 0.137. The van der Waals surface area contributed by atoms with Crippen molar-refractivity contribution >= 4 is 9.84 Å². The van der Waals surface area contributed by atoms with Gasteiger partial charge >= 0.3 is 0 Å². The number of nitrogens with one attached hydrogen (secondary N) is 1. The zero-order chi connectivity index (χ0) is 14.8. The second-order valence-electron chi connectivity index (χ2n) is 5.91. The molecule has 0 aliphatic carbocycles. The summed E-state index contributed by atoms with van der Waals surface area (Å²) >= 11 is 0. The molecule has 112 valence electrons. The van der Waals surface area contributed by atoms with Crippen LogP contribution in [0.2, 0.25) is 0 Å². The summed E-state index contributed by atoms with van der Waals surface area (Å²) in [6, 6.07) is 8.79. The number of benzene rings is 1. The van der Waals surface area contributed by atoms with Crippen LogP contribution in [-0.2, 0) is 9.84 Å². The zero-order valence-corrected chi connectivity index (χ0v) is 13.4. The summed E-state index contributed by atoms with van der Waals surface area (Å²) in [5, 5.41) is 3.30. The molecule has 1 saturated heterocycles. The van der Waals surface area contributed by atoms with Crippen molar-refractivity contribution in [2.75, 3.05) is 18.6 Å². The van der Waals surface area contributed by atoms with E-state index in [1.165, 1.54) is 11.1 Å². The van der Waals surface area contributed by atoms with Crippen LogP contribution >= 0.6 is 0 Å². The first-order valence-electron chi connectivity index (χ1n) is 7.44. The Labute approximate surface area is 122 Å². The third-order valence-corrected chi connectivity index (χ3v) is 6.32. The molecule has 0 amide bonds. The third-order valence-electron chi connectivity index (χ3n) is 4.53. The zero-order valence-electron chi connectivity index (χ0n) is 12.6. The molecule has 0 spiro atoms. The Morgan fingerprint density at radius 1 is 1.25 bits per heavy atom. The van der Waals surface area contributed by atoms with Crippen LogP contribution in [0.5, 0.6) is 0 Å². The summed E-state index contributed by atoms with van der Waals surface area (Å²) in [6.07, 6.45) is 1.90. The Hall–Kier alpha value is -0.870. The van der Waals surface area contributed by atoms with Gasteiger partial charge in [-0.25, -0.2) is 8.42 Å². The second kappa shape index (κ2) is 6.27. The molecule has 0 bridgehead atoms. The molecule has 3 unspecified atom stereocenters. The van der Waals surface area contributed by atoms with E-state index >= 15 is 0 Å². The van der Waals surface area contributed by atoms with Crippen molar-refractivity contribution < 1.29 is 8.42 Å². The van der Waals surface area contributed by atoms with E-state index in [1.54, 1.807) is 0 Å². The van der Waals surface area contributed by atoms with Crippen molar-refractivity contribution in [2.45, 2.75) is 38.6 Å². The summed E-state index contributed by atoms with van der Waals surface area (Å²) in [5.74, 6) is 1.41. The highest BCUT2D eigenvalue weighted by atomic mass is 32.2. The first-order chi connectivity index (χ1) is 9.46. The van der Waals surface area contributed by atoms with E-state index in [4.69, 9.17) is 0 Å². The molecule has 0 radical (unpaired) electrons. The molecule has 1 fully saturated rings. The van der Waals surface area contributed by atoms with E-state index in [0.29, 0.717) is 17.4 Å². The van der Waals surface area contributed by atoms with Crippen LogP contribution in [0.15, 0.2) is 24.3 Å². The normalized spacial score (nSPS) is 24.4. The van der Waals surface area contributed by atoms with Gasteiger partial charge in [-0.1, -0.05) is 38.1 Å². The van der Waals surface area contributed by atoms with E-state index in [-0.39, 0.29) is 12.0 Å². The van der Waals surface area contributed by atoms with Crippen LogP contribution < -0.4 is 5.32 Å². The highest BCUT2D eigenvalue weighted by Crippen LogP contribution is 2.32. The van der Waals surface area contributed by atoms with Gasteiger partial charge in [0.05, 0.1) is 11.5 Å². The van der Waals surface area contributed by atoms with E-state index in [2.05, 4.69) is 43.4 Å². The molecule has 4 heteroatoms. The summed E-state index contributed by atoms with van der Waals surface area (Å²) in [5.41, 5.74) is 2.55. The first-order valence-corrected chi connectivity index (χ1v) is 9.26. The molecule has 2 rings (SSSR count). The van der Waals surface area contributed by atoms with Crippen molar-refractivity contribution in [1.29, 1.82) is 0 Å². The van der Waals surface area contributed by atoms with Crippen LogP contribution in [-0.4, -0.2) is 27.0 Å². The third kappa shape index (κ3) is 3.41. The molecule has 0 saturated carbocycles. The van der Waals surface area contributed by atoms with Crippen molar-refractivity contribution in [1.82, 2.24) is 5.32 Å². The number of hydrogen-bond acceptors (Lipinski definition) is 3. The number of hydrogen-bond donors (Lipinski definition) is 1. The molecule has 0 aromatic heterocycles. The number of rotatable bonds is 5. The predicted molar refractivity (Wildman–Crippen MR) is 83.7 cm³/mol. The molecule has 1 aliphatic heterocycles. The van der Waals surface area contributed by atoms with Gasteiger partial charge in [-0.2, -0.15) is 0 Å². The fraction of sp³-hybridized carbons (Fsp3) is 0.625. The Bertz CT molecular complexity index is 536. The molecule has 3 atom stereocenters. The van der Waals surface area contributed by atoms with Gasteiger partial charge in [0.1, 0.15) is 0 Å². The maximum absolute atomic E-state index is 11.6. The molecule has 1 aromatic carbocycles. The molecular weight excluding hydrogens is 270 g/mol. The smallest absolute Gasteiger partial charge is 0.150 e. The molecule has 1 aromatic rings. The summed E-state index contributed by atoms with van der Waals surface area (Å²) in [7, 11) is -0.909. The molecule has 1 N–H and O–H groups in total. The Kier molecular flexibility index (Phi) is 4.86. The highest BCUT2D eigenvalue weighted by molar-refractivity contribution is 7.91. The fourth-order valence-electron chi connectivity index (χ4n) is 3.03. The maximum Gasteiger partial charge on any atom is 0.150 e. The Morgan fingerprint density at radius 3 is 2.30 bits per heavy atom. The SMILES string of the molecule is CCC(C)c1ccc(C(NC)C2CCS(=O)(=O)C2)cc1. The summed E-state index contributed by atoms with van der Waals surface area (Å²) in [6.45, 7) is 4.42. The lowest BCUT2D eigenvalue weighted by molar-refractivity contribution is 0.418. The van der Waals surface area contributed by atoms with Gasteiger partial charge in [0, 0.05) is 6.04 Å². The summed E-state index contributed by atoms with van der Waals surface area (Å²) < 4.78 is 23.3. The topological polar surface area (TPSA) is 46.2 Å². The van der Waals surface area contributed by atoms with Crippen LogP contribution in [0, 0.1) is 5.92 Å². The highest BCUT2D eigenvalue weighted by Gasteiger charge is 2.33. The van der Waals surface area contributed by atoms with Gasteiger partial charge in [0.2, 0.25) is 0 Å². The standard InChI is InChI=1S/C16H25NO2S/c1-4-12(2)13-5-7-14(8-6-13)16(17-3)15-9-10-20(18,19)11-15/h5-8,12,15-17H,4,9-11H2,1-3H3. The molecule has 1 aliphatic rings. The van der Waals surface area contributed by atoms with Crippen molar-refractivity contribution in [3.63, 3.8) is 0 Å². The monoisotopic (exact) mass is 295 g/mol. The van der Waals surface area contributed by atoms with Crippen LogP contribution in [0.25, 0.3) is 0 Å². The van der Waals surface area contributed by atoms with Crippen LogP contribution in [0.4, 0.5) is 0 Å². The van der Waals surface area contributed by atoms with E-state index in [0.717, 1.165) is 12.8 Å². The Morgan fingerprint density at radius 2 is 1.85 bits per heavy atom. The lowest BCUT2D eigenvalue weighted by atomic mass is 9.90. The average Bonchev–Trinajstić information content (AvgIpc) is 2.79. The summed E-state index contributed by atoms with van der Waals surface area (Å²) in [4.78, 5) is 0. The average molecular weight is 295 g/mol. The fourth-order valence-corrected chi connectivity index (χ4v) is 4.87. The lowest BCUT2D eigenvalue weighted by Crippen LogP contribution is -2.26. The van der Waals surface area contributed by atoms with Crippen LogP contribution in [0.1, 0.15) is 49.8 Å². The number of sulfone groups is 1. The Balaban J connectivity index is 2.16. The largest absolute Gasteiger partial charge is 0.313 e. The van der Waals surface area contributed by atoms with Crippen molar-refractivity contribution in [2.24, 2.45) is 5.92 Å².